The van der Waals surface area contributed by atoms with Gasteiger partial charge in [-0.2, -0.15) is 0 Å². The molecule has 0 saturated carbocycles. The second kappa shape index (κ2) is 7.28. The monoisotopic (exact) mass is 360 g/mol. The minimum atomic E-state index is -0.401. The first kappa shape index (κ1) is 17.5. The van der Waals surface area contributed by atoms with Gasteiger partial charge in [0.15, 0.2) is 0 Å². The highest BCUT2D eigenvalue weighted by Gasteiger charge is 2.36. The van der Waals surface area contributed by atoms with E-state index in [2.05, 4.69) is 15.5 Å². The highest BCUT2D eigenvalue weighted by Crippen LogP contribution is 2.30. The molecule has 2 amide bonds. The van der Waals surface area contributed by atoms with Crippen LogP contribution in [0.15, 0.2) is 18.2 Å². The van der Waals surface area contributed by atoms with Crippen molar-refractivity contribution in [2.24, 2.45) is 5.92 Å². The average molecular weight is 360 g/mol. The number of rotatable bonds is 5. The van der Waals surface area contributed by atoms with E-state index in [4.69, 9.17) is 4.74 Å². The van der Waals surface area contributed by atoms with Gasteiger partial charge in [-0.15, -0.1) is 10.2 Å². The number of hydrogen-bond donors (Lipinski definition) is 1. The number of methoxy groups -OCH3 is 1. The van der Waals surface area contributed by atoms with Gasteiger partial charge in [-0.05, 0) is 31.0 Å². The molecule has 1 aromatic heterocycles. The van der Waals surface area contributed by atoms with E-state index in [9.17, 15) is 9.59 Å². The van der Waals surface area contributed by atoms with Crippen LogP contribution >= 0.6 is 11.3 Å². The van der Waals surface area contributed by atoms with Crippen LogP contribution < -0.4 is 10.2 Å². The fourth-order valence-corrected chi connectivity index (χ4v) is 3.55. The highest BCUT2D eigenvalue weighted by atomic mass is 32.1. The number of nitrogens with zero attached hydrogens (tertiary/aromatic N) is 3. The molecule has 25 heavy (non-hydrogen) atoms. The first-order valence-electron chi connectivity index (χ1n) is 7.98. The number of carbonyl (C=O) groups excluding carboxylic acids is 2. The van der Waals surface area contributed by atoms with Gasteiger partial charge in [0, 0.05) is 25.8 Å². The molecule has 1 fully saturated rings. The van der Waals surface area contributed by atoms with Crippen molar-refractivity contribution >= 4 is 34.0 Å². The molecule has 0 radical (unpaired) electrons. The number of aromatic nitrogens is 2. The third kappa shape index (κ3) is 3.69. The maximum atomic E-state index is 12.5. The van der Waals surface area contributed by atoms with Gasteiger partial charge in [0.1, 0.15) is 11.6 Å². The largest absolute Gasteiger partial charge is 0.377 e. The van der Waals surface area contributed by atoms with Crippen LogP contribution in [0.1, 0.15) is 22.6 Å². The summed E-state index contributed by atoms with van der Waals surface area (Å²) in [7, 11) is 1.58. The summed E-state index contributed by atoms with van der Waals surface area (Å²) in [5, 5.41) is 11.7. The number of aryl methyl sites for hydroxylation is 1. The van der Waals surface area contributed by atoms with Crippen molar-refractivity contribution in [2.75, 3.05) is 23.9 Å². The summed E-state index contributed by atoms with van der Waals surface area (Å²) >= 11 is 1.27. The van der Waals surface area contributed by atoms with E-state index in [0.717, 1.165) is 16.8 Å². The van der Waals surface area contributed by atoms with E-state index in [1.54, 1.807) is 12.0 Å². The number of anilines is 2. The Morgan fingerprint density at radius 3 is 2.96 bits per heavy atom. The molecule has 2 aromatic rings. The van der Waals surface area contributed by atoms with E-state index in [1.165, 1.54) is 11.3 Å². The van der Waals surface area contributed by atoms with Crippen LogP contribution in [0.25, 0.3) is 0 Å². The van der Waals surface area contributed by atoms with Crippen LogP contribution in [0.2, 0.25) is 0 Å². The Hall–Kier alpha value is -2.32. The third-order valence-corrected chi connectivity index (χ3v) is 5.14. The Kier molecular flexibility index (Phi) is 5.10. The Bertz CT molecular complexity index is 805. The molecule has 1 atom stereocenters. The Morgan fingerprint density at radius 1 is 1.40 bits per heavy atom. The first-order chi connectivity index (χ1) is 12.0. The van der Waals surface area contributed by atoms with Crippen LogP contribution in [0, 0.1) is 19.8 Å². The van der Waals surface area contributed by atoms with E-state index >= 15 is 0 Å². The molecule has 3 rings (SSSR count). The van der Waals surface area contributed by atoms with Crippen molar-refractivity contribution in [2.45, 2.75) is 26.9 Å². The zero-order valence-corrected chi connectivity index (χ0v) is 15.2. The fraction of sp³-hybridized carbons (Fsp3) is 0.412. The van der Waals surface area contributed by atoms with Gasteiger partial charge in [0.25, 0.3) is 0 Å². The summed E-state index contributed by atoms with van der Waals surface area (Å²) in [6, 6.07) is 5.86. The van der Waals surface area contributed by atoms with Gasteiger partial charge in [-0.1, -0.05) is 23.5 Å². The molecule has 0 bridgehead atoms. The van der Waals surface area contributed by atoms with E-state index in [1.807, 2.05) is 32.0 Å². The maximum absolute atomic E-state index is 12.5. The summed E-state index contributed by atoms with van der Waals surface area (Å²) in [6.07, 6.45) is 0.197. The maximum Gasteiger partial charge on any atom is 0.231 e. The highest BCUT2D eigenvalue weighted by molar-refractivity contribution is 7.15. The molecule has 1 aromatic carbocycles. The Labute approximate surface area is 150 Å². The Morgan fingerprint density at radius 2 is 2.20 bits per heavy atom. The number of amides is 2. The molecule has 2 heterocycles. The van der Waals surface area contributed by atoms with Gasteiger partial charge >= 0.3 is 0 Å². The summed E-state index contributed by atoms with van der Waals surface area (Å²) in [5.41, 5.74) is 3.06. The third-order valence-electron chi connectivity index (χ3n) is 4.33. The van der Waals surface area contributed by atoms with Gasteiger partial charge in [-0.3, -0.25) is 9.59 Å². The SMILES string of the molecule is COCc1nnc(NC(=O)[C@@H]2CC(=O)N(c3cccc(C)c3C)C2)s1. The number of ether oxygens (including phenoxy) is 1. The molecule has 8 heteroatoms. The number of nitrogens with one attached hydrogen (secondary N) is 1. The predicted molar refractivity (Wildman–Crippen MR) is 95.6 cm³/mol. The predicted octanol–water partition coefficient (Wildman–Crippen LogP) is 2.29. The van der Waals surface area contributed by atoms with Crippen molar-refractivity contribution in [1.82, 2.24) is 10.2 Å². The molecule has 1 N–H and O–H groups in total. The number of benzene rings is 1. The quantitative estimate of drug-likeness (QED) is 0.884. The van der Waals surface area contributed by atoms with Crippen LogP contribution in [-0.2, 0) is 20.9 Å². The zero-order valence-electron chi connectivity index (χ0n) is 14.4. The molecule has 0 unspecified atom stereocenters. The van der Waals surface area contributed by atoms with Gasteiger partial charge in [0.2, 0.25) is 16.9 Å². The van der Waals surface area contributed by atoms with Crippen molar-refractivity contribution in [3.05, 3.63) is 34.3 Å². The van der Waals surface area contributed by atoms with Gasteiger partial charge in [0.05, 0.1) is 5.92 Å². The summed E-state index contributed by atoms with van der Waals surface area (Å²) in [5.74, 6) is -0.644. The minimum Gasteiger partial charge on any atom is -0.377 e. The molecule has 0 aliphatic carbocycles. The van der Waals surface area contributed by atoms with Crippen LogP contribution in [0.5, 0.6) is 0 Å². The van der Waals surface area contributed by atoms with E-state index < -0.39 is 5.92 Å². The van der Waals surface area contributed by atoms with Crippen LogP contribution in [-0.4, -0.2) is 35.7 Å². The van der Waals surface area contributed by atoms with Crippen LogP contribution in [0.4, 0.5) is 10.8 Å². The van der Waals surface area contributed by atoms with Gasteiger partial charge < -0.3 is 15.0 Å². The lowest BCUT2D eigenvalue weighted by Gasteiger charge is -2.20. The molecular formula is C17H20N4O3S. The lowest BCUT2D eigenvalue weighted by molar-refractivity contribution is -0.122. The fourth-order valence-electron chi connectivity index (χ4n) is 2.84. The van der Waals surface area contributed by atoms with Crippen LogP contribution in [0.3, 0.4) is 0 Å². The summed E-state index contributed by atoms with van der Waals surface area (Å²) in [6.45, 7) is 4.73. The van der Waals surface area contributed by atoms with Crippen molar-refractivity contribution in [3.63, 3.8) is 0 Å². The van der Waals surface area contributed by atoms with Gasteiger partial charge in [-0.25, -0.2) is 0 Å². The molecule has 132 valence electrons. The normalized spacial score (nSPS) is 17.2. The van der Waals surface area contributed by atoms with E-state index in [-0.39, 0.29) is 18.2 Å². The molecule has 0 spiro atoms. The number of hydrogen-bond acceptors (Lipinski definition) is 6. The zero-order chi connectivity index (χ0) is 18.0. The smallest absolute Gasteiger partial charge is 0.231 e. The summed E-state index contributed by atoms with van der Waals surface area (Å²) in [4.78, 5) is 26.6. The molecule has 7 nitrogen and oxygen atoms in total. The topological polar surface area (TPSA) is 84.4 Å². The molecule has 1 aliphatic rings. The standard InChI is InChI=1S/C17H20N4O3S/c1-10-5-4-6-13(11(10)2)21-8-12(7-15(21)22)16(23)18-17-20-19-14(25-17)9-24-3/h4-6,12H,7-9H2,1-3H3,(H,18,20,23)/t12-/m1/s1. The molecular weight excluding hydrogens is 340 g/mol. The summed E-state index contributed by atoms with van der Waals surface area (Å²) < 4.78 is 4.99. The number of carbonyl (C=O) groups is 2. The second-order valence-corrected chi connectivity index (χ2v) is 7.11. The minimum absolute atomic E-state index is 0.0359. The first-order valence-corrected chi connectivity index (χ1v) is 8.80. The lowest BCUT2D eigenvalue weighted by atomic mass is 10.1. The van der Waals surface area contributed by atoms with Crippen molar-refractivity contribution < 1.29 is 14.3 Å². The van der Waals surface area contributed by atoms with Crippen molar-refractivity contribution in [3.8, 4) is 0 Å². The second-order valence-electron chi connectivity index (χ2n) is 6.05. The molecule has 1 saturated heterocycles. The lowest BCUT2D eigenvalue weighted by Crippen LogP contribution is -2.28. The van der Waals surface area contributed by atoms with Crippen molar-refractivity contribution in [1.29, 1.82) is 0 Å². The Balaban J connectivity index is 1.69. The molecule has 1 aliphatic heterocycles. The van der Waals surface area contributed by atoms with E-state index in [0.29, 0.717) is 23.3 Å². The average Bonchev–Trinajstić information content (AvgIpc) is 3.17.